The van der Waals surface area contributed by atoms with E-state index in [1.54, 1.807) is 0 Å². The second kappa shape index (κ2) is 5.09. The highest BCUT2D eigenvalue weighted by Crippen LogP contribution is 2.12. The first-order valence-electron chi connectivity index (χ1n) is 5.11. The zero-order chi connectivity index (χ0) is 13.0. The number of nitrogens with one attached hydrogen (secondary N) is 1. The molecule has 0 spiro atoms. The van der Waals surface area contributed by atoms with Crippen LogP contribution in [0.5, 0.6) is 0 Å². The van der Waals surface area contributed by atoms with Crippen molar-refractivity contribution >= 4 is 23.6 Å². The van der Waals surface area contributed by atoms with E-state index in [2.05, 4.69) is 25.0 Å². The number of nitrogen functional groups attached to an aromatic ring is 1. The van der Waals surface area contributed by atoms with Crippen LogP contribution in [0.1, 0.15) is 10.6 Å². The number of nitrogens with zero attached hydrogens (tertiary/aromatic N) is 3. The molecule has 0 saturated carbocycles. The summed E-state index contributed by atoms with van der Waals surface area (Å²) in [6.07, 6.45) is 0. The number of methoxy groups -OCH3 is 1. The third-order valence-corrected chi connectivity index (χ3v) is 2.05. The molecule has 0 radical (unpaired) electrons. The summed E-state index contributed by atoms with van der Waals surface area (Å²) in [5, 5.41) is 2.91. The smallest absolute Gasteiger partial charge is 0.376 e. The number of esters is 1. The molecular formula is C11H11N5O2. The Kier molecular flexibility index (Phi) is 3.33. The molecule has 2 rings (SSSR count). The van der Waals surface area contributed by atoms with E-state index in [4.69, 9.17) is 5.73 Å². The standard InChI is InChI=1S/C11H11N5O2/c1-18-9(17)8-14-10(12)16-11(15-8)13-7-5-3-2-4-6-7/h2-6H,1H3,(H3,12,13,14,15,16). The molecule has 0 fully saturated rings. The Hall–Kier alpha value is -2.70. The van der Waals surface area contributed by atoms with Crippen molar-refractivity contribution in [2.45, 2.75) is 0 Å². The number of rotatable bonds is 3. The van der Waals surface area contributed by atoms with Crippen LogP contribution in [0.25, 0.3) is 0 Å². The van der Waals surface area contributed by atoms with E-state index >= 15 is 0 Å². The number of nitrogens with two attached hydrogens (primary N) is 1. The highest BCUT2D eigenvalue weighted by molar-refractivity contribution is 5.85. The van der Waals surface area contributed by atoms with Gasteiger partial charge in [-0.05, 0) is 12.1 Å². The van der Waals surface area contributed by atoms with E-state index in [0.717, 1.165) is 5.69 Å². The van der Waals surface area contributed by atoms with Crippen molar-refractivity contribution in [3.05, 3.63) is 36.2 Å². The number of carbonyl (C=O) groups is 1. The topological polar surface area (TPSA) is 103 Å². The van der Waals surface area contributed by atoms with Crippen molar-refractivity contribution in [2.75, 3.05) is 18.2 Å². The first-order valence-corrected chi connectivity index (χ1v) is 5.11. The fourth-order valence-corrected chi connectivity index (χ4v) is 1.28. The lowest BCUT2D eigenvalue weighted by molar-refractivity contribution is 0.0586. The summed E-state index contributed by atoms with van der Waals surface area (Å²) in [4.78, 5) is 22.8. The van der Waals surface area contributed by atoms with Gasteiger partial charge in [-0.3, -0.25) is 0 Å². The molecule has 7 nitrogen and oxygen atoms in total. The summed E-state index contributed by atoms with van der Waals surface area (Å²) in [6.45, 7) is 0. The Morgan fingerprint density at radius 3 is 2.61 bits per heavy atom. The number of aromatic nitrogens is 3. The van der Waals surface area contributed by atoms with Crippen molar-refractivity contribution in [3.63, 3.8) is 0 Å². The molecule has 1 aromatic heterocycles. The van der Waals surface area contributed by atoms with Gasteiger partial charge in [-0.1, -0.05) is 18.2 Å². The quantitative estimate of drug-likeness (QED) is 0.777. The predicted octanol–water partition coefficient (Wildman–Crippen LogP) is 0.984. The van der Waals surface area contributed by atoms with Crippen LogP contribution in [0, 0.1) is 0 Å². The fourth-order valence-electron chi connectivity index (χ4n) is 1.28. The number of ether oxygens (including phenoxy) is 1. The third-order valence-electron chi connectivity index (χ3n) is 2.05. The van der Waals surface area contributed by atoms with Crippen LogP contribution in [0.2, 0.25) is 0 Å². The zero-order valence-electron chi connectivity index (χ0n) is 9.62. The summed E-state index contributed by atoms with van der Waals surface area (Å²) >= 11 is 0. The Morgan fingerprint density at radius 1 is 1.22 bits per heavy atom. The first-order chi connectivity index (χ1) is 8.69. The molecule has 2 aromatic rings. The molecular weight excluding hydrogens is 234 g/mol. The van der Waals surface area contributed by atoms with Crippen LogP contribution >= 0.6 is 0 Å². The maximum atomic E-state index is 11.3. The van der Waals surface area contributed by atoms with E-state index in [1.807, 2.05) is 30.3 Å². The van der Waals surface area contributed by atoms with Gasteiger partial charge in [-0.2, -0.15) is 15.0 Å². The summed E-state index contributed by atoms with van der Waals surface area (Å²) in [7, 11) is 1.24. The minimum absolute atomic E-state index is 0.0520. The molecule has 0 unspecified atom stereocenters. The number of hydrogen-bond donors (Lipinski definition) is 2. The van der Waals surface area contributed by atoms with E-state index < -0.39 is 5.97 Å². The number of hydrogen-bond acceptors (Lipinski definition) is 7. The van der Waals surface area contributed by atoms with Crippen molar-refractivity contribution in [2.24, 2.45) is 0 Å². The fraction of sp³-hybridized carbons (Fsp3) is 0.0909. The minimum Gasteiger partial charge on any atom is -0.463 e. The lowest BCUT2D eigenvalue weighted by Gasteiger charge is -2.06. The maximum Gasteiger partial charge on any atom is 0.376 e. The van der Waals surface area contributed by atoms with Crippen LogP contribution in [-0.4, -0.2) is 28.0 Å². The normalized spacial score (nSPS) is 9.83. The predicted molar refractivity (Wildman–Crippen MR) is 65.3 cm³/mol. The second-order valence-corrected chi connectivity index (χ2v) is 3.32. The van der Waals surface area contributed by atoms with Gasteiger partial charge in [0.25, 0.3) is 0 Å². The Morgan fingerprint density at radius 2 is 1.94 bits per heavy atom. The number of anilines is 3. The molecule has 0 aliphatic heterocycles. The van der Waals surface area contributed by atoms with Crippen LogP contribution in [-0.2, 0) is 4.74 Å². The average molecular weight is 245 g/mol. The van der Waals surface area contributed by atoms with Crippen molar-refractivity contribution in [1.29, 1.82) is 0 Å². The molecule has 0 bridgehead atoms. The average Bonchev–Trinajstić information content (AvgIpc) is 2.38. The van der Waals surface area contributed by atoms with Crippen molar-refractivity contribution in [3.8, 4) is 0 Å². The molecule has 92 valence electrons. The van der Waals surface area contributed by atoms with Gasteiger partial charge in [0.1, 0.15) is 0 Å². The molecule has 18 heavy (non-hydrogen) atoms. The van der Waals surface area contributed by atoms with Crippen LogP contribution in [0.3, 0.4) is 0 Å². The molecule has 1 aromatic carbocycles. The van der Waals surface area contributed by atoms with E-state index in [9.17, 15) is 4.79 Å². The molecule has 0 aliphatic carbocycles. The molecule has 1 heterocycles. The Labute approximate surface area is 103 Å². The zero-order valence-corrected chi connectivity index (χ0v) is 9.62. The summed E-state index contributed by atoms with van der Waals surface area (Å²) in [5.41, 5.74) is 6.27. The van der Waals surface area contributed by atoms with Gasteiger partial charge >= 0.3 is 5.97 Å². The van der Waals surface area contributed by atoms with Crippen molar-refractivity contribution in [1.82, 2.24) is 15.0 Å². The summed E-state index contributed by atoms with van der Waals surface area (Å²) < 4.78 is 4.52. The lowest BCUT2D eigenvalue weighted by Crippen LogP contribution is -2.12. The maximum absolute atomic E-state index is 11.3. The second-order valence-electron chi connectivity index (χ2n) is 3.32. The third kappa shape index (κ3) is 2.70. The van der Waals surface area contributed by atoms with Crippen LogP contribution in [0.15, 0.2) is 30.3 Å². The molecule has 0 atom stereocenters. The Balaban J connectivity index is 2.28. The SMILES string of the molecule is COC(=O)c1nc(N)nc(Nc2ccccc2)n1. The lowest BCUT2D eigenvalue weighted by atomic mass is 10.3. The van der Waals surface area contributed by atoms with E-state index in [-0.39, 0.29) is 17.7 Å². The highest BCUT2D eigenvalue weighted by Gasteiger charge is 2.12. The number of benzene rings is 1. The molecule has 0 saturated heterocycles. The molecule has 0 amide bonds. The number of para-hydroxylation sites is 1. The monoisotopic (exact) mass is 245 g/mol. The van der Waals surface area contributed by atoms with Gasteiger partial charge in [0, 0.05) is 5.69 Å². The number of carbonyl (C=O) groups excluding carboxylic acids is 1. The van der Waals surface area contributed by atoms with E-state index in [0.29, 0.717) is 0 Å². The van der Waals surface area contributed by atoms with Gasteiger partial charge in [0.2, 0.25) is 17.7 Å². The van der Waals surface area contributed by atoms with Gasteiger partial charge in [-0.15, -0.1) is 0 Å². The van der Waals surface area contributed by atoms with E-state index in [1.165, 1.54) is 7.11 Å². The largest absolute Gasteiger partial charge is 0.463 e. The van der Waals surface area contributed by atoms with Gasteiger partial charge < -0.3 is 15.8 Å². The Bertz CT molecular complexity index is 559. The molecule has 7 heteroatoms. The summed E-state index contributed by atoms with van der Waals surface area (Å²) in [6, 6.07) is 9.25. The van der Waals surface area contributed by atoms with Gasteiger partial charge in [0.05, 0.1) is 7.11 Å². The summed E-state index contributed by atoms with van der Waals surface area (Å²) in [5.74, 6) is -0.665. The first kappa shape index (κ1) is 11.8. The van der Waals surface area contributed by atoms with Crippen molar-refractivity contribution < 1.29 is 9.53 Å². The van der Waals surface area contributed by atoms with Gasteiger partial charge in [-0.25, -0.2) is 4.79 Å². The van der Waals surface area contributed by atoms with Crippen LogP contribution < -0.4 is 11.1 Å². The highest BCUT2D eigenvalue weighted by atomic mass is 16.5. The van der Waals surface area contributed by atoms with Crippen LogP contribution in [0.4, 0.5) is 17.6 Å². The van der Waals surface area contributed by atoms with Gasteiger partial charge in [0.15, 0.2) is 0 Å². The molecule has 3 N–H and O–H groups in total. The minimum atomic E-state index is -0.666. The molecule has 0 aliphatic rings.